The largest absolute Gasteiger partial charge is 0.492 e. The van der Waals surface area contributed by atoms with Crippen LogP contribution in [0.1, 0.15) is 25.0 Å². The lowest BCUT2D eigenvalue weighted by atomic mass is 10.2. The lowest BCUT2D eigenvalue weighted by molar-refractivity contribution is -0.136. The number of anilines is 2. The van der Waals surface area contributed by atoms with E-state index in [0.29, 0.717) is 52.4 Å². The molecule has 0 saturated carbocycles. The number of hydrogen-bond acceptors (Lipinski definition) is 7. The molecule has 0 radical (unpaired) electrons. The number of nitrogens with one attached hydrogen (secondary N) is 3. The van der Waals surface area contributed by atoms with Gasteiger partial charge in [-0.05, 0) is 74.4 Å². The lowest BCUT2D eigenvalue weighted by Gasteiger charge is -2.13. The third-order valence-electron chi connectivity index (χ3n) is 5.10. The highest BCUT2D eigenvalue weighted by Gasteiger charge is 2.15. The Kier molecular flexibility index (Phi) is 10.7. The maximum absolute atomic E-state index is 12.3. The summed E-state index contributed by atoms with van der Waals surface area (Å²) >= 11 is 6.10. The molecule has 11 heteroatoms. The molecule has 0 aliphatic rings. The van der Waals surface area contributed by atoms with Crippen molar-refractivity contribution in [1.29, 1.82) is 0 Å². The van der Waals surface area contributed by atoms with Crippen LogP contribution in [0.2, 0.25) is 5.02 Å². The quantitative estimate of drug-likeness (QED) is 0.182. The topological polar surface area (TPSA) is 127 Å². The Balaban J connectivity index is 1.57. The summed E-state index contributed by atoms with van der Waals surface area (Å²) in [6.45, 7) is 6.00. The summed E-state index contributed by atoms with van der Waals surface area (Å²) in [4.78, 5) is 36.7. The number of amides is 3. The first kappa shape index (κ1) is 29.0. The Morgan fingerprint density at radius 2 is 1.59 bits per heavy atom. The van der Waals surface area contributed by atoms with E-state index in [1.54, 1.807) is 61.5 Å². The first-order valence-electron chi connectivity index (χ1n) is 12.1. The minimum Gasteiger partial charge on any atom is -0.492 e. The number of benzene rings is 3. The van der Waals surface area contributed by atoms with Gasteiger partial charge in [0, 0.05) is 10.7 Å². The second-order valence-electron chi connectivity index (χ2n) is 8.02. The standard InChI is InChI=1S/C28H29ClN4O6/c1-4-37-23-9-7-6-8-22(23)32-27(35)28(36)33-30-16-19-11-13-24(25(14-19)38-5-2)39-17-26(34)31-20-12-10-18(3)21(29)15-20/h6-16H,4-5,17H2,1-3H3,(H,31,34)(H,32,35)(H,33,36)/b30-16-. The molecule has 3 amide bonds. The fourth-order valence-corrected chi connectivity index (χ4v) is 3.43. The molecule has 3 aromatic rings. The molecule has 0 saturated heterocycles. The molecule has 3 N–H and O–H groups in total. The third kappa shape index (κ3) is 8.75. The predicted octanol–water partition coefficient (Wildman–Crippen LogP) is 4.55. The van der Waals surface area contributed by atoms with Gasteiger partial charge >= 0.3 is 11.8 Å². The molecule has 0 aromatic heterocycles. The summed E-state index contributed by atoms with van der Waals surface area (Å²) in [5.41, 5.74) is 4.58. The van der Waals surface area contributed by atoms with Crippen molar-refractivity contribution in [1.82, 2.24) is 5.43 Å². The Morgan fingerprint density at radius 3 is 2.33 bits per heavy atom. The molecule has 0 spiro atoms. The molecule has 3 aromatic carbocycles. The van der Waals surface area contributed by atoms with Gasteiger partial charge in [-0.1, -0.05) is 29.8 Å². The molecule has 0 heterocycles. The SMILES string of the molecule is CCOc1ccccc1NC(=O)C(=O)N/N=C\c1ccc(OCC(=O)Nc2ccc(C)c(Cl)c2)c(OCC)c1. The minimum absolute atomic E-state index is 0.253. The average Bonchev–Trinajstić information content (AvgIpc) is 2.91. The molecule has 39 heavy (non-hydrogen) atoms. The maximum Gasteiger partial charge on any atom is 0.329 e. The number of halogens is 1. The number of hydrazone groups is 1. The van der Waals surface area contributed by atoms with Crippen LogP contribution in [0.3, 0.4) is 0 Å². The van der Waals surface area contributed by atoms with Crippen LogP contribution in [0.5, 0.6) is 17.2 Å². The van der Waals surface area contributed by atoms with Gasteiger partial charge in [-0.15, -0.1) is 0 Å². The van der Waals surface area contributed by atoms with Crippen LogP contribution >= 0.6 is 11.6 Å². The molecule has 0 aliphatic carbocycles. The summed E-state index contributed by atoms with van der Waals surface area (Å²) in [6, 6.07) is 16.9. The number of para-hydroxylation sites is 2. The van der Waals surface area contributed by atoms with E-state index in [0.717, 1.165) is 5.56 Å². The molecular weight excluding hydrogens is 524 g/mol. The molecule has 3 rings (SSSR count). The van der Waals surface area contributed by atoms with Crippen molar-refractivity contribution < 1.29 is 28.6 Å². The van der Waals surface area contributed by atoms with E-state index in [4.69, 9.17) is 25.8 Å². The Hall–Kier alpha value is -4.57. The molecule has 204 valence electrons. The predicted molar refractivity (Wildman–Crippen MR) is 150 cm³/mol. The molecule has 0 atom stereocenters. The highest BCUT2D eigenvalue weighted by atomic mass is 35.5. The van der Waals surface area contributed by atoms with Crippen LogP contribution in [0.15, 0.2) is 65.8 Å². The van der Waals surface area contributed by atoms with Gasteiger partial charge in [0.05, 0.1) is 25.1 Å². The van der Waals surface area contributed by atoms with Gasteiger partial charge < -0.3 is 24.8 Å². The van der Waals surface area contributed by atoms with Crippen molar-refractivity contribution in [2.75, 3.05) is 30.5 Å². The molecule has 10 nitrogen and oxygen atoms in total. The van der Waals surface area contributed by atoms with Crippen LogP contribution < -0.4 is 30.3 Å². The molecule has 0 bridgehead atoms. The van der Waals surface area contributed by atoms with Crippen molar-refractivity contribution in [2.45, 2.75) is 20.8 Å². The van der Waals surface area contributed by atoms with E-state index in [1.165, 1.54) is 6.21 Å². The van der Waals surface area contributed by atoms with Gasteiger partial charge in [-0.25, -0.2) is 5.43 Å². The van der Waals surface area contributed by atoms with Crippen molar-refractivity contribution >= 4 is 46.9 Å². The number of hydrogen-bond donors (Lipinski definition) is 3. The minimum atomic E-state index is -0.955. The van der Waals surface area contributed by atoms with Crippen LogP contribution in [0.25, 0.3) is 0 Å². The smallest absolute Gasteiger partial charge is 0.329 e. The zero-order chi connectivity index (χ0) is 28.2. The summed E-state index contributed by atoms with van der Waals surface area (Å²) in [5, 5.41) is 9.61. The Bertz CT molecular complexity index is 1360. The zero-order valence-corrected chi connectivity index (χ0v) is 22.5. The number of nitrogens with zero attached hydrogens (tertiary/aromatic N) is 1. The van der Waals surface area contributed by atoms with Gasteiger partial charge in [0.25, 0.3) is 5.91 Å². The zero-order valence-electron chi connectivity index (χ0n) is 21.7. The second-order valence-corrected chi connectivity index (χ2v) is 8.43. The number of ether oxygens (including phenoxy) is 3. The van der Waals surface area contributed by atoms with Gasteiger partial charge in [-0.2, -0.15) is 5.10 Å². The Morgan fingerprint density at radius 1 is 0.846 bits per heavy atom. The summed E-state index contributed by atoms with van der Waals surface area (Å²) < 4.78 is 16.7. The van der Waals surface area contributed by atoms with E-state index < -0.39 is 11.8 Å². The highest BCUT2D eigenvalue weighted by molar-refractivity contribution is 6.39. The summed E-state index contributed by atoms with van der Waals surface area (Å²) in [5.74, 6) is -1.04. The third-order valence-corrected chi connectivity index (χ3v) is 5.51. The van der Waals surface area contributed by atoms with Gasteiger partial charge in [0.15, 0.2) is 18.1 Å². The monoisotopic (exact) mass is 552 g/mol. The van der Waals surface area contributed by atoms with Gasteiger partial charge in [-0.3, -0.25) is 14.4 Å². The van der Waals surface area contributed by atoms with Crippen LogP contribution in [-0.2, 0) is 14.4 Å². The first-order chi connectivity index (χ1) is 18.8. The summed E-state index contributed by atoms with van der Waals surface area (Å²) in [6.07, 6.45) is 1.35. The normalized spacial score (nSPS) is 10.6. The molecular formula is C28H29ClN4O6. The second kappa shape index (κ2) is 14.4. The Labute approximate surface area is 231 Å². The van der Waals surface area contributed by atoms with Crippen LogP contribution in [0, 0.1) is 6.92 Å². The number of rotatable bonds is 11. The van der Waals surface area contributed by atoms with Gasteiger partial charge in [0.1, 0.15) is 5.75 Å². The number of carbonyl (C=O) groups excluding carboxylic acids is 3. The van der Waals surface area contributed by atoms with E-state index in [9.17, 15) is 14.4 Å². The first-order valence-corrected chi connectivity index (χ1v) is 12.5. The fourth-order valence-electron chi connectivity index (χ4n) is 3.25. The fraction of sp³-hybridized carbons (Fsp3) is 0.214. The van der Waals surface area contributed by atoms with Crippen molar-refractivity contribution in [3.8, 4) is 17.2 Å². The molecule has 0 fully saturated rings. The van der Waals surface area contributed by atoms with E-state index in [1.807, 2.05) is 19.9 Å². The lowest BCUT2D eigenvalue weighted by Crippen LogP contribution is -2.32. The van der Waals surface area contributed by atoms with E-state index in [-0.39, 0.29) is 12.5 Å². The van der Waals surface area contributed by atoms with Gasteiger partial charge in [0.2, 0.25) is 0 Å². The average molecular weight is 553 g/mol. The van der Waals surface area contributed by atoms with Crippen molar-refractivity contribution in [3.63, 3.8) is 0 Å². The highest BCUT2D eigenvalue weighted by Crippen LogP contribution is 2.28. The van der Waals surface area contributed by atoms with Crippen LogP contribution in [-0.4, -0.2) is 43.8 Å². The van der Waals surface area contributed by atoms with E-state index in [2.05, 4.69) is 21.2 Å². The summed E-state index contributed by atoms with van der Waals surface area (Å²) in [7, 11) is 0. The van der Waals surface area contributed by atoms with Crippen molar-refractivity contribution in [2.24, 2.45) is 5.10 Å². The van der Waals surface area contributed by atoms with E-state index >= 15 is 0 Å². The molecule has 0 unspecified atom stereocenters. The molecule has 0 aliphatic heterocycles. The number of carbonyl (C=O) groups is 3. The van der Waals surface area contributed by atoms with Crippen molar-refractivity contribution in [3.05, 3.63) is 76.8 Å². The maximum atomic E-state index is 12.3. The van der Waals surface area contributed by atoms with Crippen LogP contribution in [0.4, 0.5) is 11.4 Å². The number of aryl methyl sites for hydroxylation is 1.